The van der Waals surface area contributed by atoms with Gasteiger partial charge in [-0.1, -0.05) is 11.6 Å². The molecule has 20 heavy (non-hydrogen) atoms. The van der Waals surface area contributed by atoms with Crippen molar-refractivity contribution in [3.8, 4) is 5.75 Å². The summed E-state index contributed by atoms with van der Waals surface area (Å²) in [7, 11) is 0. The van der Waals surface area contributed by atoms with Gasteiger partial charge in [-0.15, -0.1) is 0 Å². The van der Waals surface area contributed by atoms with E-state index in [2.05, 4.69) is 4.90 Å². The molecule has 1 unspecified atom stereocenters. The number of hydrogen-bond acceptors (Lipinski definition) is 4. The predicted molar refractivity (Wildman–Crippen MR) is 78.8 cm³/mol. The second-order valence-corrected chi connectivity index (χ2v) is 6.08. The molecule has 4 nitrogen and oxygen atoms in total. The minimum atomic E-state index is 0.326. The van der Waals surface area contributed by atoms with Crippen LogP contribution in [0.25, 0.3) is 0 Å². The maximum Gasteiger partial charge on any atom is 0.189 e. The first-order valence-electron chi connectivity index (χ1n) is 7.20. The highest BCUT2D eigenvalue weighted by atomic mass is 35.5. The van der Waals surface area contributed by atoms with Gasteiger partial charge in [0, 0.05) is 29.2 Å². The molecular formula is C15H21ClN2O2. The Morgan fingerprint density at radius 1 is 1.40 bits per heavy atom. The zero-order chi connectivity index (χ0) is 13.9. The van der Waals surface area contributed by atoms with Gasteiger partial charge in [0.25, 0.3) is 0 Å². The van der Waals surface area contributed by atoms with E-state index in [1.165, 1.54) is 12.8 Å². The summed E-state index contributed by atoms with van der Waals surface area (Å²) in [6.07, 6.45) is 2.46. The lowest BCUT2D eigenvalue weighted by atomic mass is 9.97. The normalized spacial score (nSPS) is 23.2. The summed E-state index contributed by atoms with van der Waals surface area (Å²) in [5.41, 5.74) is 8.01. The van der Waals surface area contributed by atoms with Crippen LogP contribution in [0.4, 0.5) is 0 Å². The van der Waals surface area contributed by atoms with Gasteiger partial charge in [-0.2, -0.15) is 0 Å². The highest BCUT2D eigenvalue weighted by Gasteiger charge is 2.22. The molecular weight excluding hydrogens is 276 g/mol. The molecule has 0 radical (unpaired) electrons. The molecule has 1 atom stereocenters. The van der Waals surface area contributed by atoms with Gasteiger partial charge in [-0.3, -0.25) is 4.90 Å². The lowest BCUT2D eigenvalue weighted by molar-refractivity contribution is -0.0176. The average Bonchev–Trinajstić information content (AvgIpc) is 2.47. The van der Waals surface area contributed by atoms with E-state index in [4.69, 9.17) is 26.8 Å². The van der Waals surface area contributed by atoms with Gasteiger partial charge in [0.1, 0.15) is 5.75 Å². The Morgan fingerprint density at radius 3 is 3.15 bits per heavy atom. The molecule has 2 N–H and O–H groups in total. The third-order valence-corrected chi connectivity index (χ3v) is 4.30. The smallest absolute Gasteiger partial charge is 0.189 e. The lowest BCUT2D eigenvalue weighted by Gasteiger charge is -2.33. The third kappa shape index (κ3) is 3.09. The highest BCUT2D eigenvalue weighted by molar-refractivity contribution is 6.30. The number of nitrogens with two attached hydrogens (primary N) is 1. The van der Waals surface area contributed by atoms with Crippen molar-refractivity contribution >= 4 is 11.6 Å². The summed E-state index contributed by atoms with van der Waals surface area (Å²) in [5, 5.41) is 0.750. The Labute approximate surface area is 124 Å². The minimum Gasteiger partial charge on any atom is -0.467 e. The molecule has 1 aromatic carbocycles. The van der Waals surface area contributed by atoms with E-state index in [1.807, 2.05) is 12.1 Å². The number of likely N-dealkylation sites (tertiary alicyclic amines) is 1. The first-order chi connectivity index (χ1) is 9.76. The Hall–Kier alpha value is -0.810. The molecule has 2 heterocycles. The van der Waals surface area contributed by atoms with Crippen molar-refractivity contribution in [3.05, 3.63) is 28.3 Å². The third-order valence-electron chi connectivity index (χ3n) is 4.08. The lowest BCUT2D eigenvalue weighted by Crippen LogP contribution is -2.38. The van der Waals surface area contributed by atoms with Crippen LogP contribution in [0.15, 0.2) is 12.1 Å². The molecule has 3 rings (SSSR count). The standard InChI is InChI=1S/C15H21ClN2O2/c16-14-4-12(15-13(5-14)9-19-10-20-15)8-18-3-1-2-11(6-17)7-18/h4-5,11H,1-3,6-10,17H2. The number of nitrogens with zero attached hydrogens (tertiary/aromatic N) is 1. The first-order valence-corrected chi connectivity index (χ1v) is 7.58. The van der Waals surface area contributed by atoms with Crippen molar-refractivity contribution in [2.45, 2.75) is 26.0 Å². The van der Waals surface area contributed by atoms with E-state index in [0.717, 1.165) is 48.1 Å². The zero-order valence-electron chi connectivity index (χ0n) is 11.6. The number of rotatable bonds is 3. The number of hydrogen-bond donors (Lipinski definition) is 1. The number of ether oxygens (including phenoxy) is 2. The Morgan fingerprint density at radius 2 is 2.30 bits per heavy atom. The van der Waals surface area contributed by atoms with Gasteiger partial charge < -0.3 is 15.2 Å². The summed E-state index contributed by atoms with van der Waals surface area (Å²) in [6, 6.07) is 3.94. The van der Waals surface area contributed by atoms with Crippen LogP contribution < -0.4 is 10.5 Å². The molecule has 0 spiro atoms. The minimum absolute atomic E-state index is 0.326. The number of benzene rings is 1. The SMILES string of the molecule is NCC1CCCN(Cc2cc(Cl)cc3c2OCOC3)C1. The summed E-state index contributed by atoms with van der Waals surface area (Å²) in [6.45, 7) is 4.73. The van der Waals surface area contributed by atoms with E-state index in [0.29, 0.717) is 19.3 Å². The summed E-state index contributed by atoms with van der Waals surface area (Å²) in [5.74, 6) is 1.57. The Balaban J connectivity index is 1.78. The molecule has 1 fully saturated rings. The second kappa shape index (κ2) is 6.31. The van der Waals surface area contributed by atoms with Crippen LogP contribution in [0.3, 0.4) is 0 Å². The van der Waals surface area contributed by atoms with Crippen molar-refractivity contribution in [2.75, 3.05) is 26.4 Å². The average molecular weight is 297 g/mol. The molecule has 0 amide bonds. The van der Waals surface area contributed by atoms with Crippen LogP contribution in [-0.4, -0.2) is 31.3 Å². The maximum absolute atomic E-state index is 6.21. The highest BCUT2D eigenvalue weighted by Crippen LogP contribution is 2.33. The fraction of sp³-hybridized carbons (Fsp3) is 0.600. The molecule has 0 aliphatic carbocycles. The molecule has 0 aromatic heterocycles. The van der Waals surface area contributed by atoms with Crippen LogP contribution in [0.5, 0.6) is 5.75 Å². The van der Waals surface area contributed by atoms with Gasteiger partial charge in [-0.25, -0.2) is 0 Å². The van der Waals surface area contributed by atoms with Crippen LogP contribution in [0.2, 0.25) is 5.02 Å². The predicted octanol–water partition coefficient (Wildman–Crippen LogP) is 2.38. The number of fused-ring (bicyclic) bond motifs is 1. The largest absolute Gasteiger partial charge is 0.467 e. The van der Waals surface area contributed by atoms with Crippen LogP contribution in [0.1, 0.15) is 24.0 Å². The van der Waals surface area contributed by atoms with E-state index in [9.17, 15) is 0 Å². The maximum atomic E-state index is 6.21. The van der Waals surface area contributed by atoms with Gasteiger partial charge in [0.15, 0.2) is 6.79 Å². The van der Waals surface area contributed by atoms with Gasteiger partial charge in [0.05, 0.1) is 6.61 Å². The fourth-order valence-corrected chi connectivity index (χ4v) is 3.37. The molecule has 0 bridgehead atoms. The van der Waals surface area contributed by atoms with Gasteiger partial charge >= 0.3 is 0 Å². The summed E-state index contributed by atoms with van der Waals surface area (Å²) < 4.78 is 11.0. The second-order valence-electron chi connectivity index (χ2n) is 5.64. The van der Waals surface area contributed by atoms with Crippen LogP contribution >= 0.6 is 11.6 Å². The molecule has 5 heteroatoms. The summed E-state index contributed by atoms with van der Waals surface area (Å²) in [4.78, 5) is 2.45. The van der Waals surface area contributed by atoms with Crippen molar-refractivity contribution < 1.29 is 9.47 Å². The molecule has 2 aliphatic heterocycles. The fourth-order valence-electron chi connectivity index (χ4n) is 3.10. The number of piperidine rings is 1. The van der Waals surface area contributed by atoms with Crippen molar-refractivity contribution in [1.29, 1.82) is 0 Å². The monoisotopic (exact) mass is 296 g/mol. The molecule has 1 aromatic rings. The molecule has 110 valence electrons. The zero-order valence-corrected chi connectivity index (χ0v) is 12.4. The Bertz CT molecular complexity index is 481. The van der Waals surface area contributed by atoms with Crippen LogP contribution in [-0.2, 0) is 17.9 Å². The van der Waals surface area contributed by atoms with Crippen LogP contribution in [0, 0.1) is 5.92 Å². The van der Waals surface area contributed by atoms with Gasteiger partial charge in [-0.05, 0) is 44.0 Å². The summed E-state index contributed by atoms with van der Waals surface area (Å²) >= 11 is 6.21. The first kappa shape index (κ1) is 14.1. The number of halogens is 1. The quantitative estimate of drug-likeness (QED) is 0.930. The topological polar surface area (TPSA) is 47.7 Å². The molecule has 0 saturated carbocycles. The van der Waals surface area contributed by atoms with Crippen molar-refractivity contribution in [3.63, 3.8) is 0 Å². The Kier molecular flexibility index (Phi) is 4.46. The van der Waals surface area contributed by atoms with E-state index in [-0.39, 0.29) is 0 Å². The van der Waals surface area contributed by atoms with Gasteiger partial charge in [0.2, 0.25) is 0 Å². The van der Waals surface area contributed by atoms with E-state index >= 15 is 0 Å². The van der Waals surface area contributed by atoms with Crippen molar-refractivity contribution in [2.24, 2.45) is 11.7 Å². The van der Waals surface area contributed by atoms with E-state index < -0.39 is 0 Å². The molecule has 2 aliphatic rings. The van der Waals surface area contributed by atoms with Crippen molar-refractivity contribution in [1.82, 2.24) is 4.90 Å². The van der Waals surface area contributed by atoms with E-state index in [1.54, 1.807) is 0 Å². The molecule has 1 saturated heterocycles.